The first kappa shape index (κ1) is 46.7. The van der Waals surface area contributed by atoms with Crippen molar-refractivity contribution in [2.75, 3.05) is 73.6 Å². The lowest BCUT2D eigenvalue weighted by Gasteiger charge is -2.32. The van der Waals surface area contributed by atoms with E-state index in [0.29, 0.717) is 25.2 Å². The van der Waals surface area contributed by atoms with Crippen LogP contribution in [0.3, 0.4) is 0 Å². The molecule has 0 unspecified atom stereocenters. The number of anilines is 4. The third kappa shape index (κ3) is 12.0. The van der Waals surface area contributed by atoms with Gasteiger partial charge in [0.05, 0.1) is 35.2 Å². The molecule has 4 aromatic carbocycles. The molecule has 0 bridgehead atoms. The molecular formula is C50H62F2N14O. The molecule has 0 radical (unpaired) electrons. The summed E-state index contributed by atoms with van der Waals surface area (Å²) in [6, 6.07) is 30.5. The number of piperidine rings is 2. The third-order valence-electron chi connectivity index (χ3n) is 12.7. The number of benzene rings is 4. The maximum atomic E-state index is 13.4. The van der Waals surface area contributed by atoms with Gasteiger partial charge in [-0.3, -0.25) is 0 Å². The number of aromatic nitrogens is 8. The predicted octanol–water partition coefficient (Wildman–Crippen LogP) is 7.07. The van der Waals surface area contributed by atoms with Crippen molar-refractivity contribution in [2.45, 2.75) is 50.9 Å². The minimum atomic E-state index is -0.213. The van der Waals surface area contributed by atoms with Crippen LogP contribution in [0.2, 0.25) is 0 Å². The first-order chi connectivity index (χ1) is 32.3. The number of nitrogens with one attached hydrogen (secondary N) is 4. The number of rotatable bonds is 16. The van der Waals surface area contributed by atoms with Crippen LogP contribution in [-0.4, -0.2) is 118 Å². The smallest absolute Gasteiger partial charge is 0.204 e. The summed E-state index contributed by atoms with van der Waals surface area (Å²) in [5.41, 5.74) is 6.22. The Hall–Kier alpha value is -6.82. The second kappa shape index (κ2) is 22.1. The van der Waals surface area contributed by atoms with Gasteiger partial charge in [-0.2, -0.15) is 0 Å². The van der Waals surface area contributed by atoms with Crippen molar-refractivity contribution in [1.29, 1.82) is 0 Å². The van der Waals surface area contributed by atoms with Crippen molar-refractivity contribution >= 4 is 45.9 Å². The zero-order chi connectivity index (χ0) is 45.2. The number of hydrogen-bond donors (Lipinski definition) is 4. The van der Waals surface area contributed by atoms with E-state index in [2.05, 4.69) is 62.3 Å². The zero-order valence-electron chi connectivity index (χ0n) is 38.3. The molecule has 2 aliphatic rings. The first-order valence-corrected chi connectivity index (χ1v) is 23.1. The van der Waals surface area contributed by atoms with Gasteiger partial charge in [0, 0.05) is 103 Å². The highest BCUT2D eigenvalue weighted by atomic mass is 19.1. The molecule has 0 atom stereocenters. The van der Waals surface area contributed by atoms with Crippen LogP contribution in [-0.2, 0) is 27.2 Å². The van der Waals surface area contributed by atoms with Crippen LogP contribution in [0.4, 0.5) is 32.6 Å². The van der Waals surface area contributed by atoms with E-state index in [1.807, 2.05) is 109 Å². The van der Waals surface area contributed by atoms with Crippen LogP contribution in [0.1, 0.15) is 36.8 Å². The summed E-state index contributed by atoms with van der Waals surface area (Å²) in [6.45, 7) is 9.30. The van der Waals surface area contributed by atoms with E-state index >= 15 is 0 Å². The average molecular weight is 913 g/mol. The molecule has 15 nitrogen and oxygen atoms in total. The number of likely N-dealkylation sites (tertiary alicyclic amines) is 2. The highest BCUT2D eigenvalue weighted by Gasteiger charge is 2.23. The summed E-state index contributed by atoms with van der Waals surface area (Å²) in [5, 5.41) is 14.2. The monoisotopic (exact) mass is 913 g/mol. The summed E-state index contributed by atoms with van der Waals surface area (Å²) in [7, 11) is 3.99. The topological polar surface area (TPSA) is 157 Å². The number of imidazole rings is 4. The summed E-state index contributed by atoms with van der Waals surface area (Å²) < 4.78 is 35.1. The number of halogens is 2. The van der Waals surface area contributed by atoms with E-state index in [1.165, 1.54) is 24.3 Å². The molecule has 67 heavy (non-hydrogen) atoms. The van der Waals surface area contributed by atoms with Crippen LogP contribution in [0.15, 0.2) is 122 Å². The number of fused-ring (bicyclic) bond motifs is 2. The van der Waals surface area contributed by atoms with E-state index in [1.54, 1.807) is 0 Å². The Kier molecular flexibility index (Phi) is 15.4. The zero-order valence-corrected chi connectivity index (χ0v) is 38.3. The Balaban J connectivity index is 0.000000179. The molecule has 10 rings (SSSR count). The summed E-state index contributed by atoms with van der Waals surface area (Å²) in [4.78, 5) is 23.4. The molecule has 0 amide bonds. The van der Waals surface area contributed by atoms with Gasteiger partial charge >= 0.3 is 0 Å². The van der Waals surface area contributed by atoms with Gasteiger partial charge in [0.25, 0.3) is 0 Å². The molecule has 2 aliphatic heterocycles. The summed E-state index contributed by atoms with van der Waals surface area (Å²) in [6.07, 6.45) is 11.8. The Morgan fingerprint density at radius 1 is 0.522 bits per heavy atom. The predicted molar refractivity (Wildman–Crippen MR) is 264 cm³/mol. The van der Waals surface area contributed by atoms with E-state index < -0.39 is 0 Å². The molecule has 6 N–H and O–H groups in total. The van der Waals surface area contributed by atoms with Gasteiger partial charge in [-0.25, -0.2) is 28.7 Å². The second-order valence-electron chi connectivity index (χ2n) is 17.4. The van der Waals surface area contributed by atoms with Crippen molar-refractivity contribution in [3.8, 4) is 0 Å². The Bertz CT molecular complexity index is 2580. The molecule has 4 aromatic heterocycles. The van der Waals surface area contributed by atoms with Gasteiger partial charge in [0.15, 0.2) is 0 Å². The minimum absolute atomic E-state index is 0. The lowest BCUT2D eigenvalue weighted by Crippen LogP contribution is -2.41. The van der Waals surface area contributed by atoms with Gasteiger partial charge in [0.2, 0.25) is 23.8 Å². The number of nitrogens with zero attached hydrogens (tertiary/aromatic N) is 10. The second-order valence-corrected chi connectivity index (χ2v) is 17.4. The molecule has 0 spiro atoms. The van der Waals surface area contributed by atoms with Gasteiger partial charge < -0.3 is 54.8 Å². The number of para-hydroxylation sites is 4. The molecule has 0 saturated carbocycles. The Morgan fingerprint density at radius 3 is 1.28 bits per heavy atom. The highest BCUT2D eigenvalue weighted by molar-refractivity contribution is 5.79. The molecule has 8 aromatic rings. The number of aryl methyl sites for hydroxylation is 2. The fourth-order valence-corrected chi connectivity index (χ4v) is 8.93. The van der Waals surface area contributed by atoms with Crippen molar-refractivity contribution in [1.82, 2.24) is 48.0 Å². The summed E-state index contributed by atoms with van der Waals surface area (Å²) >= 11 is 0. The molecule has 6 heterocycles. The first-order valence-electron chi connectivity index (χ1n) is 23.1. The quantitative estimate of drug-likeness (QED) is 0.0791. The minimum Gasteiger partial charge on any atom is -0.412 e. The SMILES string of the molecule is Cn1ccnc1NCCN1CCC(Nc2nc3ccccc3n2Cc2ccc(F)cc2)CC1.Cn1ccnc1NCCN1CCC(Nc2nc3ccccc3n2Cc2ccc(F)cc2)CC1.O. The number of hydrogen-bond acceptors (Lipinski definition) is 10. The standard InChI is InChI=1S/2C25H30FN7.H2O/c2*1-31-16-12-27-24(31)28-13-17-32-14-10-21(11-15-32)29-25-30-22-4-2-3-5-23(22)33(25)18-19-6-8-20(26)9-7-19;/h2*2-9,12,16,21H,10-11,13-15,17-18H2,1H3,(H,27,28)(H,29,30);1H2. The molecule has 17 heteroatoms. The average Bonchev–Trinajstić information content (AvgIpc) is 4.12. The third-order valence-corrected chi connectivity index (χ3v) is 12.7. The largest absolute Gasteiger partial charge is 0.412 e. The van der Waals surface area contributed by atoms with Crippen molar-refractivity contribution in [2.24, 2.45) is 14.1 Å². The van der Waals surface area contributed by atoms with Gasteiger partial charge in [0.1, 0.15) is 11.6 Å². The normalized spacial score (nSPS) is 15.0. The molecular weight excluding hydrogens is 851 g/mol. The molecule has 2 saturated heterocycles. The van der Waals surface area contributed by atoms with Crippen LogP contribution >= 0.6 is 0 Å². The van der Waals surface area contributed by atoms with Gasteiger partial charge in [-0.1, -0.05) is 48.5 Å². The maximum Gasteiger partial charge on any atom is 0.204 e. The highest BCUT2D eigenvalue weighted by Crippen LogP contribution is 2.26. The molecule has 352 valence electrons. The Morgan fingerprint density at radius 2 is 0.910 bits per heavy atom. The maximum absolute atomic E-state index is 13.4. The van der Waals surface area contributed by atoms with Crippen molar-refractivity contribution in [3.63, 3.8) is 0 Å². The van der Waals surface area contributed by atoms with Crippen LogP contribution < -0.4 is 21.3 Å². The van der Waals surface area contributed by atoms with Gasteiger partial charge in [-0.15, -0.1) is 0 Å². The van der Waals surface area contributed by atoms with Crippen molar-refractivity contribution < 1.29 is 14.3 Å². The lowest BCUT2D eigenvalue weighted by atomic mass is 10.1. The van der Waals surface area contributed by atoms with E-state index in [-0.39, 0.29) is 17.1 Å². The van der Waals surface area contributed by atoms with E-state index in [4.69, 9.17) is 9.97 Å². The summed E-state index contributed by atoms with van der Waals surface area (Å²) in [5.74, 6) is 3.16. The van der Waals surface area contributed by atoms with E-state index in [0.717, 1.165) is 135 Å². The van der Waals surface area contributed by atoms with E-state index in [9.17, 15) is 8.78 Å². The van der Waals surface area contributed by atoms with Gasteiger partial charge in [-0.05, 0) is 85.3 Å². The van der Waals surface area contributed by atoms with Crippen LogP contribution in [0.5, 0.6) is 0 Å². The fraction of sp³-hybridized carbons (Fsp3) is 0.360. The van der Waals surface area contributed by atoms with Crippen molar-refractivity contribution in [3.05, 3.63) is 145 Å². The molecule has 2 fully saturated rings. The van der Waals surface area contributed by atoms with Crippen LogP contribution in [0.25, 0.3) is 22.1 Å². The fourth-order valence-electron chi connectivity index (χ4n) is 8.93. The lowest BCUT2D eigenvalue weighted by molar-refractivity contribution is 0.226. The Labute approximate surface area is 390 Å². The van der Waals surface area contributed by atoms with Crippen LogP contribution in [0, 0.1) is 11.6 Å². The molecule has 0 aliphatic carbocycles.